The third-order valence-electron chi connectivity index (χ3n) is 2.65. The number of carbonyl (C=O) groups is 2. The molecule has 0 spiro atoms. The van der Waals surface area contributed by atoms with Gasteiger partial charge >= 0.3 is 5.97 Å². The fourth-order valence-electron chi connectivity index (χ4n) is 1.72. The minimum atomic E-state index is -0.551. The zero-order valence-corrected chi connectivity index (χ0v) is 12.2. The molecule has 0 fully saturated rings. The molecular weight excluding hydrogens is 293 g/mol. The molecule has 0 atom stereocenters. The molecule has 4 nitrogen and oxygen atoms in total. The molecule has 0 bridgehead atoms. The van der Waals surface area contributed by atoms with Crippen molar-refractivity contribution >= 4 is 28.2 Å². The number of halogens is 1. The summed E-state index contributed by atoms with van der Waals surface area (Å²) in [4.78, 5) is 22.8. The number of esters is 1. The van der Waals surface area contributed by atoms with Gasteiger partial charge in [-0.1, -0.05) is 12.1 Å². The Hall–Kier alpha value is -2.21. The third kappa shape index (κ3) is 4.39. The summed E-state index contributed by atoms with van der Waals surface area (Å²) < 4.78 is 17.6. The lowest BCUT2D eigenvalue weighted by molar-refractivity contribution is -0.145. The molecule has 1 aromatic carbocycles. The van der Waals surface area contributed by atoms with E-state index in [-0.39, 0.29) is 18.8 Å². The second-order valence-corrected chi connectivity index (χ2v) is 5.15. The average molecular weight is 307 g/mol. The summed E-state index contributed by atoms with van der Waals surface area (Å²) in [5, 5.41) is 5.12. The number of benzene rings is 1. The lowest BCUT2D eigenvalue weighted by Gasteiger charge is -2.02. The van der Waals surface area contributed by atoms with Crippen LogP contribution in [-0.4, -0.2) is 18.5 Å². The Labute approximate surface area is 125 Å². The van der Waals surface area contributed by atoms with E-state index in [1.807, 2.05) is 5.38 Å². The Balaban J connectivity index is 1.98. The normalized spacial score (nSPS) is 10.2. The van der Waals surface area contributed by atoms with Gasteiger partial charge in [0.15, 0.2) is 0 Å². The highest BCUT2D eigenvalue weighted by molar-refractivity contribution is 7.14. The Bertz CT molecular complexity index is 637. The minimum Gasteiger partial charge on any atom is -0.466 e. The number of carbonyl (C=O) groups excluding carboxylic acids is 2. The summed E-state index contributed by atoms with van der Waals surface area (Å²) in [7, 11) is 0. The second kappa shape index (κ2) is 6.99. The standard InChI is InChI=1S/C15H14FNO3S/c1-2-20-15(19)8-13(18)17-14-7-11(9-21-14)10-3-5-12(16)6-4-10/h3-7,9H,2,8H2,1H3,(H,17,18). The molecule has 2 aromatic rings. The molecule has 2 rings (SSSR count). The zero-order chi connectivity index (χ0) is 15.2. The maximum Gasteiger partial charge on any atom is 0.315 e. The van der Waals surface area contributed by atoms with Gasteiger partial charge in [0.05, 0.1) is 11.6 Å². The van der Waals surface area contributed by atoms with Gasteiger partial charge in [0, 0.05) is 5.38 Å². The van der Waals surface area contributed by atoms with Crippen molar-refractivity contribution in [1.29, 1.82) is 0 Å². The lowest BCUT2D eigenvalue weighted by Crippen LogP contribution is -2.17. The van der Waals surface area contributed by atoms with Crippen LogP contribution >= 0.6 is 11.3 Å². The summed E-state index contributed by atoms with van der Waals surface area (Å²) in [6.45, 7) is 1.93. The third-order valence-corrected chi connectivity index (χ3v) is 3.50. The van der Waals surface area contributed by atoms with Gasteiger partial charge in [0.2, 0.25) is 5.91 Å². The zero-order valence-electron chi connectivity index (χ0n) is 11.4. The molecule has 0 aliphatic carbocycles. The van der Waals surface area contributed by atoms with E-state index >= 15 is 0 Å². The molecule has 21 heavy (non-hydrogen) atoms. The van der Waals surface area contributed by atoms with Crippen molar-refractivity contribution in [1.82, 2.24) is 0 Å². The van der Waals surface area contributed by atoms with Crippen LogP contribution in [0.15, 0.2) is 35.7 Å². The van der Waals surface area contributed by atoms with Crippen LogP contribution in [0.2, 0.25) is 0 Å². The maximum atomic E-state index is 12.9. The first-order valence-electron chi connectivity index (χ1n) is 6.38. The van der Waals surface area contributed by atoms with Gasteiger partial charge in [0.25, 0.3) is 0 Å². The molecule has 1 N–H and O–H groups in total. The highest BCUT2D eigenvalue weighted by atomic mass is 32.1. The summed E-state index contributed by atoms with van der Waals surface area (Å²) in [5.41, 5.74) is 1.74. The number of anilines is 1. The first-order chi connectivity index (χ1) is 10.1. The van der Waals surface area contributed by atoms with Crippen molar-refractivity contribution in [3.05, 3.63) is 41.5 Å². The maximum absolute atomic E-state index is 12.9. The van der Waals surface area contributed by atoms with Gasteiger partial charge < -0.3 is 10.1 Å². The van der Waals surface area contributed by atoms with E-state index in [0.717, 1.165) is 11.1 Å². The molecule has 6 heteroatoms. The van der Waals surface area contributed by atoms with Crippen LogP contribution in [0.1, 0.15) is 13.3 Å². The molecule has 1 aromatic heterocycles. The van der Waals surface area contributed by atoms with Gasteiger partial charge in [-0.2, -0.15) is 0 Å². The number of nitrogens with one attached hydrogen (secondary N) is 1. The van der Waals surface area contributed by atoms with E-state index in [9.17, 15) is 14.0 Å². The van der Waals surface area contributed by atoms with Crippen LogP contribution in [-0.2, 0) is 14.3 Å². The van der Waals surface area contributed by atoms with Crippen LogP contribution < -0.4 is 5.32 Å². The quantitative estimate of drug-likeness (QED) is 0.680. The monoisotopic (exact) mass is 307 g/mol. The predicted octanol–water partition coefficient (Wildman–Crippen LogP) is 3.45. The average Bonchev–Trinajstić information content (AvgIpc) is 2.88. The summed E-state index contributed by atoms with van der Waals surface area (Å²) in [5.74, 6) is -1.26. The van der Waals surface area contributed by atoms with E-state index in [1.54, 1.807) is 25.1 Å². The van der Waals surface area contributed by atoms with Crippen LogP contribution in [0.4, 0.5) is 9.39 Å². The Morgan fingerprint density at radius 1 is 1.24 bits per heavy atom. The van der Waals surface area contributed by atoms with Crippen LogP contribution in [0.3, 0.4) is 0 Å². The summed E-state index contributed by atoms with van der Waals surface area (Å²) in [6, 6.07) is 7.88. The molecule has 0 aliphatic heterocycles. The smallest absolute Gasteiger partial charge is 0.315 e. The van der Waals surface area contributed by atoms with E-state index in [0.29, 0.717) is 5.00 Å². The van der Waals surface area contributed by atoms with Crippen LogP contribution in [0, 0.1) is 5.82 Å². The van der Waals surface area contributed by atoms with Crippen molar-refractivity contribution in [2.75, 3.05) is 11.9 Å². The predicted molar refractivity (Wildman–Crippen MR) is 79.6 cm³/mol. The van der Waals surface area contributed by atoms with Gasteiger partial charge in [0.1, 0.15) is 12.2 Å². The highest BCUT2D eigenvalue weighted by Crippen LogP contribution is 2.29. The number of hydrogen-bond acceptors (Lipinski definition) is 4. The molecule has 0 saturated carbocycles. The highest BCUT2D eigenvalue weighted by Gasteiger charge is 2.11. The van der Waals surface area contributed by atoms with E-state index in [1.165, 1.54) is 23.5 Å². The minimum absolute atomic E-state index is 0.250. The van der Waals surface area contributed by atoms with Gasteiger partial charge in [-0.15, -0.1) is 11.3 Å². The fourth-order valence-corrected chi connectivity index (χ4v) is 2.55. The molecule has 0 saturated heterocycles. The number of ether oxygens (including phenoxy) is 1. The van der Waals surface area contributed by atoms with Crippen LogP contribution in [0.25, 0.3) is 11.1 Å². The van der Waals surface area contributed by atoms with Crippen molar-refractivity contribution < 1.29 is 18.7 Å². The van der Waals surface area contributed by atoms with Crippen molar-refractivity contribution in [3.8, 4) is 11.1 Å². The second-order valence-electron chi connectivity index (χ2n) is 4.24. The van der Waals surface area contributed by atoms with Gasteiger partial charge in [-0.05, 0) is 36.2 Å². The molecule has 0 aliphatic rings. The molecule has 110 valence electrons. The Kier molecular flexibility index (Phi) is 5.05. The Morgan fingerprint density at radius 3 is 2.62 bits per heavy atom. The molecular formula is C15H14FNO3S. The number of rotatable bonds is 5. The van der Waals surface area contributed by atoms with Gasteiger partial charge in [-0.3, -0.25) is 9.59 Å². The Morgan fingerprint density at radius 2 is 1.95 bits per heavy atom. The van der Waals surface area contributed by atoms with Crippen LogP contribution in [0.5, 0.6) is 0 Å². The van der Waals surface area contributed by atoms with Crippen molar-refractivity contribution in [3.63, 3.8) is 0 Å². The SMILES string of the molecule is CCOC(=O)CC(=O)Nc1cc(-c2ccc(F)cc2)cs1. The molecule has 1 heterocycles. The largest absolute Gasteiger partial charge is 0.466 e. The summed E-state index contributed by atoms with van der Waals surface area (Å²) >= 11 is 1.34. The van der Waals surface area contributed by atoms with Gasteiger partial charge in [-0.25, -0.2) is 4.39 Å². The topological polar surface area (TPSA) is 55.4 Å². The van der Waals surface area contributed by atoms with E-state index in [4.69, 9.17) is 4.74 Å². The summed E-state index contributed by atoms with van der Waals surface area (Å²) in [6.07, 6.45) is -0.308. The first-order valence-corrected chi connectivity index (χ1v) is 7.26. The van der Waals surface area contributed by atoms with Crippen molar-refractivity contribution in [2.45, 2.75) is 13.3 Å². The molecule has 0 radical (unpaired) electrons. The first kappa shape index (κ1) is 15.2. The fraction of sp³-hybridized carbons (Fsp3) is 0.200. The number of amides is 1. The van der Waals surface area contributed by atoms with E-state index in [2.05, 4.69) is 5.32 Å². The van der Waals surface area contributed by atoms with E-state index < -0.39 is 11.9 Å². The lowest BCUT2D eigenvalue weighted by atomic mass is 10.1. The molecule has 1 amide bonds. The molecule has 0 unspecified atom stereocenters. The van der Waals surface area contributed by atoms with Crippen molar-refractivity contribution in [2.24, 2.45) is 0 Å². The number of thiophene rings is 1. The number of hydrogen-bond donors (Lipinski definition) is 1.